The summed E-state index contributed by atoms with van der Waals surface area (Å²) in [6.07, 6.45) is 4.45. The maximum atomic E-state index is 12.4. The smallest absolute Gasteiger partial charge is 0.244 e. The van der Waals surface area contributed by atoms with Crippen molar-refractivity contribution in [2.24, 2.45) is 4.99 Å². The Balaban J connectivity index is 1.56. The molecular formula is C21H33N5O2. The lowest BCUT2D eigenvalue weighted by molar-refractivity contribution is -0.130. The van der Waals surface area contributed by atoms with Gasteiger partial charge in [0.2, 0.25) is 5.91 Å². The van der Waals surface area contributed by atoms with Crippen LogP contribution in [-0.4, -0.2) is 69.2 Å². The third kappa shape index (κ3) is 5.30. The highest BCUT2D eigenvalue weighted by Crippen LogP contribution is 2.30. The topological polar surface area (TPSA) is 69.2 Å². The number of nitrogens with one attached hydrogen (secondary N) is 2. The average molecular weight is 388 g/mol. The van der Waals surface area contributed by atoms with Crippen molar-refractivity contribution in [3.8, 4) is 5.75 Å². The van der Waals surface area contributed by atoms with Crippen molar-refractivity contribution in [1.82, 2.24) is 15.5 Å². The van der Waals surface area contributed by atoms with Gasteiger partial charge in [0.15, 0.2) is 5.96 Å². The number of aliphatic imine (C=N–C) groups is 1. The first-order valence-electron chi connectivity index (χ1n) is 10.4. The van der Waals surface area contributed by atoms with Crippen molar-refractivity contribution in [2.45, 2.75) is 38.6 Å². The standard InChI is InChI=1S/C21H33N5O2/c1-3-22-21(23-15-20(27)25-12-7-4-8-13-25)24-17-11-14-26(16-17)18-9-5-6-10-19(18)28-2/h5-6,9-10,17H,3-4,7-8,11-16H2,1-2H3,(H2,22,23,24). The van der Waals surface area contributed by atoms with Gasteiger partial charge in [-0.15, -0.1) is 0 Å². The number of benzene rings is 1. The van der Waals surface area contributed by atoms with Gasteiger partial charge in [-0.1, -0.05) is 12.1 Å². The molecule has 2 saturated heterocycles. The molecule has 2 heterocycles. The number of methoxy groups -OCH3 is 1. The van der Waals surface area contributed by atoms with Crippen molar-refractivity contribution in [1.29, 1.82) is 0 Å². The Morgan fingerprint density at radius 2 is 2.00 bits per heavy atom. The van der Waals surface area contributed by atoms with Gasteiger partial charge < -0.3 is 25.2 Å². The van der Waals surface area contributed by atoms with Gasteiger partial charge in [-0.25, -0.2) is 4.99 Å². The van der Waals surface area contributed by atoms with Crippen LogP contribution in [0.15, 0.2) is 29.3 Å². The number of nitrogens with zero attached hydrogens (tertiary/aromatic N) is 3. The molecule has 3 rings (SSSR count). The molecule has 1 atom stereocenters. The second-order valence-electron chi connectivity index (χ2n) is 7.38. The molecule has 0 radical (unpaired) electrons. The molecule has 0 aromatic heterocycles. The van der Waals surface area contributed by atoms with E-state index in [2.05, 4.69) is 26.6 Å². The van der Waals surface area contributed by atoms with Gasteiger partial charge in [0.05, 0.1) is 12.8 Å². The summed E-state index contributed by atoms with van der Waals surface area (Å²) in [5.74, 6) is 1.74. The summed E-state index contributed by atoms with van der Waals surface area (Å²) in [6, 6.07) is 8.40. The van der Waals surface area contributed by atoms with Gasteiger partial charge in [-0.3, -0.25) is 4.79 Å². The minimum atomic E-state index is 0.124. The first-order chi connectivity index (χ1) is 13.7. The molecule has 7 nitrogen and oxygen atoms in total. The summed E-state index contributed by atoms with van der Waals surface area (Å²) < 4.78 is 5.49. The summed E-state index contributed by atoms with van der Waals surface area (Å²) in [7, 11) is 1.71. The van der Waals surface area contributed by atoms with Crippen molar-refractivity contribution >= 4 is 17.6 Å². The van der Waals surface area contributed by atoms with Crippen LogP contribution in [0.2, 0.25) is 0 Å². The van der Waals surface area contributed by atoms with Crippen molar-refractivity contribution < 1.29 is 9.53 Å². The van der Waals surface area contributed by atoms with Crippen molar-refractivity contribution in [2.75, 3.05) is 51.3 Å². The van der Waals surface area contributed by atoms with Gasteiger partial charge in [-0.05, 0) is 44.7 Å². The Labute approximate surface area is 168 Å². The second kappa shape index (κ2) is 10.2. The third-order valence-electron chi connectivity index (χ3n) is 5.38. The molecule has 1 amide bonds. The van der Waals surface area contributed by atoms with E-state index < -0.39 is 0 Å². The van der Waals surface area contributed by atoms with E-state index in [9.17, 15) is 4.79 Å². The number of anilines is 1. The molecule has 2 N–H and O–H groups in total. The van der Waals surface area contributed by atoms with Crippen LogP contribution >= 0.6 is 0 Å². The first-order valence-corrected chi connectivity index (χ1v) is 10.4. The predicted molar refractivity (Wildman–Crippen MR) is 113 cm³/mol. The molecule has 2 aliphatic rings. The Hall–Kier alpha value is -2.44. The fraction of sp³-hybridized carbons (Fsp3) is 0.619. The molecule has 28 heavy (non-hydrogen) atoms. The fourth-order valence-electron chi connectivity index (χ4n) is 3.89. The lowest BCUT2D eigenvalue weighted by Gasteiger charge is -2.26. The average Bonchev–Trinajstić information content (AvgIpc) is 3.21. The number of ether oxygens (including phenoxy) is 1. The molecule has 1 aromatic rings. The number of hydrogen-bond acceptors (Lipinski definition) is 4. The number of piperidine rings is 1. The number of amides is 1. The van der Waals surface area contributed by atoms with Crippen molar-refractivity contribution in [3.63, 3.8) is 0 Å². The molecule has 0 bridgehead atoms. The van der Waals surface area contributed by atoms with Crippen LogP contribution in [0, 0.1) is 0 Å². The molecule has 2 fully saturated rings. The van der Waals surface area contributed by atoms with Gasteiger partial charge in [0, 0.05) is 38.8 Å². The molecule has 0 aliphatic carbocycles. The molecule has 154 valence electrons. The van der Waals surface area contributed by atoms with E-state index in [1.54, 1.807) is 7.11 Å². The van der Waals surface area contributed by atoms with E-state index in [1.807, 2.05) is 30.0 Å². The number of hydrogen-bond donors (Lipinski definition) is 2. The maximum Gasteiger partial charge on any atom is 0.244 e. The van der Waals surface area contributed by atoms with Crippen LogP contribution < -0.4 is 20.3 Å². The zero-order valence-corrected chi connectivity index (χ0v) is 17.1. The van der Waals surface area contributed by atoms with Crippen LogP contribution in [0.4, 0.5) is 5.69 Å². The van der Waals surface area contributed by atoms with E-state index in [-0.39, 0.29) is 18.5 Å². The fourth-order valence-corrected chi connectivity index (χ4v) is 3.89. The summed E-state index contributed by atoms with van der Waals surface area (Å²) in [6.45, 7) is 6.60. The first kappa shape index (κ1) is 20.3. The molecule has 2 aliphatic heterocycles. The molecule has 0 spiro atoms. The van der Waals surface area contributed by atoms with E-state index in [0.29, 0.717) is 0 Å². The highest BCUT2D eigenvalue weighted by molar-refractivity contribution is 5.85. The van der Waals surface area contributed by atoms with Gasteiger partial charge in [-0.2, -0.15) is 0 Å². The predicted octanol–water partition coefficient (Wildman–Crippen LogP) is 1.84. The lowest BCUT2D eigenvalue weighted by atomic mass is 10.1. The van der Waals surface area contributed by atoms with Crippen LogP contribution in [0.5, 0.6) is 5.75 Å². The second-order valence-corrected chi connectivity index (χ2v) is 7.38. The Bertz CT molecular complexity index is 673. The Morgan fingerprint density at radius 1 is 1.21 bits per heavy atom. The Morgan fingerprint density at radius 3 is 2.75 bits per heavy atom. The zero-order valence-electron chi connectivity index (χ0n) is 17.1. The molecule has 1 unspecified atom stereocenters. The number of rotatable bonds is 6. The van der Waals surface area contributed by atoms with Crippen LogP contribution in [-0.2, 0) is 4.79 Å². The summed E-state index contributed by atoms with van der Waals surface area (Å²) in [5, 5.41) is 6.77. The molecular weight excluding hydrogens is 354 g/mol. The van der Waals surface area contributed by atoms with Gasteiger partial charge in [0.25, 0.3) is 0 Å². The summed E-state index contributed by atoms with van der Waals surface area (Å²) in [4.78, 5) is 21.2. The third-order valence-corrected chi connectivity index (χ3v) is 5.38. The quantitative estimate of drug-likeness (QED) is 0.576. The monoisotopic (exact) mass is 387 g/mol. The number of carbonyl (C=O) groups is 1. The van der Waals surface area contributed by atoms with Crippen molar-refractivity contribution in [3.05, 3.63) is 24.3 Å². The SMILES string of the molecule is CCNC(=NCC(=O)N1CCCCC1)NC1CCN(c2ccccc2OC)C1. The van der Waals surface area contributed by atoms with Gasteiger partial charge in [0.1, 0.15) is 12.3 Å². The van der Waals surface area contributed by atoms with E-state index >= 15 is 0 Å². The normalized spacial score (nSPS) is 20.2. The van der Waals surface area contributed by atoms with Gasteiger partial charge >= 0.3 is 0 Å². The zero-order chi connectivity index (χ0) is 19.8. The minimum absolute atomic E-state index is 0.124. The number of likely N-dealkylation sites (tertiary alicyclic amines) is 1. The molecule has 7 heteroatoms. The lowest BCUT2D eigenvalue weighted by Crippen LogP contribution is -2.45. The molecule has 1 aromatic carbocycles. The van der Waals surface area contributed by atoms with Crippen LogP contribution in [0.3, 0.4) is 0 Å². The van der Waals surface area contributed by atoms with E-state index in [0.717, 1.165) is 69.4 Å². The summed E-state index contributed by atoms with van der Waals surface area (Å²) >= 11 is 0. The summed E-state index contributed by atoms with van der Waals surface area (Å²) in [5.41, 5.74) is 1.12. The highest BCUT2D eigenvalue weighted by Gasteiger charge is 2.25. The van der Waals surface area contributed by atoms with Crippen LogP contribution in [0.25, 0.3) is 0 Å². The largest absolute Gasteiger partial charge is 0.495 e. The number of carbonyl (C=O) groups excluding carboxylic acids is 1. The minimum Gasteiger partial charge on any atom is -0.495 e. The van der Waals surface area contributed by atoms with E-state index in [4.69, 9.17) is 4.74 Å². The number of guanidine groups is 1. The molecule has 0 saturated carbocycles. The highest BCUT2D eigenvalue weighted by atomic mass is 16.5. The Kier molecular flexibility index (Phi) is 7.39. The number of para-hydroxylation sites is 2. The van der Waals surface area contributed by atoms with Crippen LogP contribution in [0.1, 0.15) is 32.6 Å². The van der Waals surface area contributed by atoms with E-state index in [1.165, 1.54) is 6.42 Å². The maximum absolute atomic E-state index is 12.4.